The normalized spacial score (nSPS) is 1.40. The molecule has 0 spiro atoms. The van der Waals surface area contributed by atoms with Crippen LogP contribution in [-0.2, 0) is 0 Å². The minimum absolute atomic E-state index is 0. The third-order valence-corrected chi connectivity index (χ3v) is 0. The Bertz CT molecular complexity index is 6.85. The van der Waals surface area contributed by atoms with Crippen molar-refractivity contribution in [2.24, 2.45) is 0 Å². The molecule has 0 N–H and O–H groups in total. The molecular weight excluding hydrogens is 142 g/mol. The first-order valence-electron chi connectivity index (χ1n) is 0.500. The summed E-state index contributed by atoms with van der Waals surface area (Å²) in [4.78, 5) is 0. The van der Waals surface area contributed by atoms with Crippen molar-refractivity contribution in [1.82, 2.24) is 0 Å². The van der Waals surface area contributed by atoms with Gasteiger partial charge in [-0.15, -0.1) is 0 Å². The van der Waals surface area contributed by atoms with Crippen molar-refractivity contribution in [3.05, 3.63) is 0 Å². The van der Waals surface area contributed by atoms with E-state index < -0.39 is 0 Å². The standard InChI is InChI=1S/CH3Ge.3FH/c1-2;;;/h1H3;3*1H/q+3;;;/p-3. The Morgan fingerprint density at radius 1 is 0.800 bits per heavy atom. The van der Waals surface area contributed by atoms with Crippen LogP contribution in [0.3, 0.4) is 0 Å². The first kappa shape index (κ1) is 56.4. The second-order valence-corrected chi connectivity index (χ2v) is 0. The quantitative estimate of drug-likeness (QED) is 0.297. The van der Waals surface area contributed by atoms with Crippen LogP contribution in [0.15, 0.2) is 0 Å². The molecule has 0 aromatic rings. The molecule has 0 aromatic carbocycles. The summed E-state index contributed by atoms with van der Waals surface area (Å²) in [6, 6.07) is 0. The van der Waals surface area contributed by atoms with Gasteiger partial charge in [-0.2, -0.15) is 0 Å². The maximum atomic E-state index is 2.00. The van der Waals surface area contributed by atoms with E-state index in [1.54, 1.807) is 0 Å². The SMILES string of the molecule is [CH3][Ge+3].[F-].[F-].[F-]. The van der Waals surface area contributed by atoms with E-state index in [4.69, 9.17) is 0 Å². The summed E-state index contributed by atoms with van der Waals surface area (Å²) in [6.07, 6.45) is 0. The Morgan fingerprint density at radius 2 is 0.800 bits per heavy atom. The average molecular weight is 145 g/mol. The molecule has 0 saturated heterocycles. The maximum absolute atomic E-state index is 2.00. The van der Waals surface area contributed by atoms with Gasteiger partial charge in [-0.25, -0.2) is 0 Å². The van der Waals surface area contributed by atoms with Crippen molar-refractivity contribution < 1.29 is 14.1 Å². The monoisotopic (exact) mass is 146 g/mol. The van der Waals surface area contributed by atoms with Gasteiger partial charge in [0.2, 0.25) is 0 Å². The van der Waals surface area contributed by atoms with Crippen LogP contribution in [0.2, 0.25) is 5.76 Å². The molecule has 0 aromatic heterocycles. The van der Waals surface area contributed by atoms with E-state index in [1.165, 1.54) is 0 Å². The van der Waals surface area contributed by atoms with Gasteiger partial charge in [0.1, 0.15) is 0 Å². The average Bonchev–Trinajstić information content (AvgIpc) is 1.00. The summed E-state index contributed by atoms with van der Waals surface area (Å²) < 4.78 is 0. The number of hydrogen-bond donors (Lipinski definition) is 0. The molecule has 0 atom stereocenters. The predicted molar refractivity (Wildman–Crippen MR) is 11.6 cm³/mol. The van der Waals surface area contributed by atoms with Crippen LogP contribution in [0.25, 0.3) is 0 Å². The van der Waals surface area contributed by atoms with Gasteiger partial charge < -0.3 is 14.1 Å². The van der Waals surface area contributed by atoms with E-state index in [2.05, 4.69) is 0 Å². The van der Waals surface area contributed by atoms with E-state index >= 15 is 0 Å². The molecule has 0 aliphatic rings. The van der Waals surface area contributed by atoms with Gasteiger partial charge in [-0.05, 0) is 0 Å². The zero-order chi connectivity index (χ0) is 2.00. The summed E-state index contributed by atoms with van der Waals surface area (Å²) in [5.74, 6) is 2.00. The van der Waals surface area contributed by atoms with Crippen molar-refractivity contribution in [2.75, 3.05) is 0 Å². The molecule has 0 bridgehead atoms. The Balaban J connectivity index is -0.00000000167. The topological polar surface area (TPSA) is 0 Å². The van der Waals surface area contributed by atoms with Gasteiger partial charge in [-0.1, -0.05) is 0 Å². The van der Waals surface area contributed by atoms with Crippen LogP contribution in [0.1, 0.15) is 0 Å². The summed E-state index contributed by atoms with van der Waals surface area (Å²) >= 11 is 2.00. The molecule has 0 fully saturated rings. The van der Waals surface area contributed by atoms with Crippen molar-refractivity contribution in [1.29, 1.82) is 0 Å². The van der Waals surface area contributed by atoms with Gasteiger partial charge in [0.05, 0.1) is 0 Å². The van der Waals surface area contributed by atoms with Gasteiger partial charge in [0, 0.05) is 0 Å². The first-order chi connectivity index (χ1) is 1.00. The van der Waals surface area contributed by atoms with Gasteiger partial charge in [0.25, 0.3) is 0 Å². The van der Waals surface area contributed by atoms with E-state index in [1.807, 2.05) is 22.3 Å². The van der Waals surface area contributed by atoms with Gasteiger partial charge in [0.15, 0.2) is 0 Å². The molecule has 4 heteroatoms. The smallest absolute Gasteiger partial charge is 1.00 e. The molecule has 0 rings (SSSR count). The number of hydrogen-bond acceptors (Lipinski definition) is 0. The summed E-state index contributed by atoms with van der Waals surface area (Å²) in [7, 11) is 0. The van der Waals surface area contributed by atoms with Crippen molar-refractivity contribution in [2.45, 2.75) is 5.76 Å². The molecule has 0 aliphatic heterocycles. The third kappa shape index (κ3) is 213. The van der Waals surface area contributed by atoms with E-state index in [-0.39, 0.29) is 14.1 Å². The van der Waals surface area contributed by atoms with Crippen molar-refractivity contribution >= 4 is 16.5 Å². The maximum Gasteiger partial charge on any atom is -1.00 e. The van der Waals surface area contributed by atoms with Crippen LogP contribution < -0.4 is 14.1 Å². The molecule has 32 valence electrons. The van der Waals surface area contributed by atoms with Crippen LogP contribution >= 0.6 is 0 Å². The van der Waals surface area contributed by atoms with Crippen molar-refractivity contribution in [3.8, 4) is 0 Å². The fraction of sp³-hybridized carbons (Fsp3) is 1.00. The van der Waals surface area contributed by atoms with Crippen LogP contribution in [0.5, 0.6) is 0 Å². The molecule has 0 aliphatic carbocycles. The van der Waals surface area contributed by atoms with Crippen LogP contribution in [0.4, 0.5) is 0 Å². The molecule has 0 nitrogen and oxygen atoms in total. The second kappa shape index (κ2) is 434. The zero-order valence-electron chi connectivity index (χ0n) is 2.63. The Morgan fingerprint density at radius 3 is 0.800 bits per heavy atom. The molecule has 0 amide bonds. The van der Waals surface area contributed by atoms with Crippen LogP contribution in [-0.4, -0.2) is 16.5 Å². The predicted octanol–water partition coefficient (Wildman–Crippen LogP) is -8.79. The number of halogens is 3. The number of rotatable bonds is 0. The van der Waals surface area contributed by atoms with Gasteiger partial charge in [-0.3, -0.25) is 0 Å². The van der Waals surface area contributed by atoms with Crippen LogP contribution in [0, 0.1) is 0 Å². The van der Waals surface area contributed by atoms with E-state index in [0.717, 1.165) is 0 Å². The first-order valence-corrected chi connectivity index (χ1v) is 2.60. The second-order valence-electron chi connectivity index (χ2n) is 0. The fourth-order valence-electron chi connectivity index (χ4n) is 0. The zero-order valence-corrected chi connectivity index (χ0v) is 4.73. The fourth-order valence-corrected chi connectivity index (χ4v) is 0. The molecule has 0 heterocycles. The minimum Gasteiger partial charge on any atom is -1.00 e. The molecular formula is CH3F3Ge. The van der Waals surface area contributed by atoms with E-state index in [9.17, 15) is 0 Å². The molecule has 5 heavy (non-hydrogen) atoms. The van der Waals surface area contributed by atoms with E-state index in [0.29, 0.717) is 0 Å². The minimum atomic E-state index is 0. The summed E-state index contributed by atoms with van der Waals surface area (Å²) in [6.45, 7) is 0. The largest absolute Gasteiger partial charge is 1.00 e. The summed E-state index contributed by atoms with van der Waals surface area (Å²) in [5.41, 5.74) is 0. The molecule has 0 unspecified atom stereocenters. The molecule has 0 saturated carbocycles. The Kier molecular flexibility index (Phi) is 4900. The molecule has 0 radical (unpaired) electrons. The summed E-state index contributed by atoms with van der Waals surface area (Å²) in [5, 5.41) is 0. The van der Waals surface area contributed by atoms with Crippen molar-refractivity contribution in [3.63, 3.8) is 0 Å². The Labute approximate surface area is 37.3 Å². The third-order valence-electron chi connectivity index (χ3n) is 0. The van der Waals surface area contributed by atoms with Gasteiger partial charge >= 0.3 is 22.3 Å². The Hall–Kier alpha value is 0.333.